The van der Waals surface area contributed by atoms with Gasteiger partial charge in [-0.25, -0.2) is 0 Å². The number of aliphatic hydroxyl groups is 1. The Balaban J connectivity index is 1.81. The van der Waals surface area contributed by atoms with Gasteiger partial charge < -0.3 is 14.0 Å². The zero-order chi connectivity index (χ0) is 29.4. The predicted molar refractivity (Wildman–Crippen MR) is 173 cm³/mol. The number of hydrogen-bond acceptors (Lipinski definition) is 3. The van der Waals surface area contributed by atoms with E-state index in [4.69, 9.17) is 8.85 Å². The van der Waals surface area contributed by atoms with Crippen LogP contribution in [0.4, 0.5) is 0 Å². The molecule has 224 valence electrons. The molecule has 3 aliphatic carbocycles. The minimum Gasteiger partial charge on any atom is -0.414 e. The molecule has 3 rings (SSSR count). The highest BCUT2D eigenvalue weighted by atomic mass is 28.4. The fourth-order valence-electron chi connectivity index (χ4n) is 8.05. The van der Waals surface area contributed by atoms with Gasteiger partial charge in [0.25, 0.3) is 0 Å². The van der Waals surface area contributed by atoms with Crippen molar-refractivity contribution in [1.29, 1.82) is 0 Å². The monoisotopic (exact) mass is 574 g/mol. The molecule has 3 saturated carbocycles. The lowest BCUT2D eigenvalue weighted by Crippen LogP contribution is -2.47. The average molecular weight is 575 g/mol. The Bertz CT molecular complexity index is 916. The summed E-state index contributed by atoms with van der Waals surface area (Å²) < 4.78 is 13.5. The third kappa shape index (κ3) is 8.76. The van der Waals surface area contributed by atoms with E-state index in [9.17, 15) is 5.11 Å². The predicted octanol–water partition coefficient (Wildman–Crippen LogP) is 9.67. The SMILES string of the molecule is C=C1/C(=C\C=C2CCC[C@@]3(C)C2CC[C@@H]3[C@@H](C)CCCC(C)(C)O)C[C@@H](O[Si](C)(C)C)[C@H](C)[C@H]1O[Si](C)(C)C. The Labute approximate surface area is 244 Å². The highest BCUT2D eigenvalue weighted by molar-refractivity contribution is 6.70. The van der Waals surface area contributed by atoms with Gasteiger partial charge in [-0.1, -0.05) is 57.9 Å². The van der Waals surface area contributed by atoms with Crippen LogP contribution in [0.2, 0.25) is 39.3 Å². The van der Waals surface area contributed by atoms with E-state index < -0.39 is 22.2 Å². The number of rotatable bonds is 10. The van der Waals surface area contributed by atoms with Crippen LogP contribution in [0.1, 0.15) is 92.4 Å². The molecule has 7 atom stereocenters. The van der Waals surface area contributed by atoms with Crippen molar-refractivity contribution in [3.63, 3.8) is 0 Å². The topological polar surface area (TPSA) is 38.7 Å². The molecule has 0 aromatic heterocycles. The third-order valence-electron chi connectivity index (χ3n) is 9.90. The Kier molecular flexibility index (Phi) is 10.5. The van der Waals surface area contributed by atoms with E-state index >= 15 is 0 Å². The van der Waals surface area contributed by atoms with Crippen LogP contribution >= 0.6 is 0 Å². The summed E-state index contributed by atoms with van der Waals surface area (Å²) in [5.41, 5.74) is 4.05. The van der Waals surface area contributed by atoms with E-state index in [2.05, 4.69) is 78.8 Å². The molecule has 3 nitrogen and oxygen atoms in total. The van der Waals surface area contributed by atoms with E-state index in [0.29, 0.717) is 17.3 Å². The smallest absolute Gasteiger partial charge is 0.184 e. The summed E-state index contributed by atoms with van der Waals surface area (Å²) in [7, 11) is -3.41. The molecule has 0 aromatic carbocycles. The van der Waals surface area contributed by atoms with E-state index in [1.165, 1.54) is 49.7 Å². The van der Waals surface area contributed by atoms with Gasteiger partial charge in [0, 0.05) is 5.92 Å². The van der Waals surface area contributed by atoms with Gasteiger partial charge in [-0.2, -0.15) is 0 Å². The van der Waals surface area contributed by atoms with Gasteiger partial charge in [0.15, 0.2) is 16.6 Å². The lowest BCUT2D eigenvalue weighted by molar-refractivity contribution is 0.0478. The Morgan fingerprint density at radius 1 is 1.08 bits per heavy atom. The minimum atomic E-state index is -1.73. The molecule has 3 aliphatic rings. The maximum atomic E-state index is 10.2. The molecule has 0 aliphatic heterocycles. The van der Waals surface area contributed by atoms with Crippen LogP contribution in [0.5, 0.6) is 0 Å². The largest absolute Gasteiger partial charge is 0.414 e. The van der Waals surface area contributed by atoms with Crippen molar-refractivity contribution in [1.82, 2.24) is 0 Å². The molecular formula is C34H62O3Si2. The summed E-state index contributed by atoms with van der Waals surface area (Å²) in [4.78, 5) is 0. The summed E-state index contributed by atoms with van der Waals surface area (Å²) in [5, 5.41) is 10.2. The maximum Gasteiger partial charge on any atom is 0.184 e. The van der Waals surface area contributed by atoms with Crippen molar-refractivity contribution in [2.24, 2.45) is 29.1 Å². The molecule has 0 heterocycles. The normalized spacial score (nSPS) is 35.5. The summed E-state index contributed by atoms with van der Waals surface area (Å²) in [6, 6.07) is 0. The Morgan fingerprint density at radius 2 is 1.72 bits per heavy atom. The Hall–Kier alpha value is -0.466. The van der Waals surface area contributed by atoms with Crippen molar-refractivity contribution in [3.8, 4) is 0 Å². The first kappa shape index (κ1) is 33.0. The first-order chi connectivity index (χ1) is 17.8. The van der Waals surface area contributed by atoms with Crippen LogP contribution in [-0.2, 0) is 8.85 Å². The molecule has 39 heavy (non-hydrogen) atoms. The molecule has 0 radical (unpaired) electrons. The third-order valence-corrected chi connectivity index (χ3v) is 11.9. The molecule has 0 amide bonds. The van der Waals surface area contributed by atoms with Gasteiger partial charge in [-0.05, 0) is 132 Å². The van der Waals surface area contributed by atoms with Gasteiger partial charge >= 0.3 is 0 Å². The molecule has 5 heteroatoms. The second kappa shape index (κ2) is 12.4. The first-order valence-electron chi connectivity index (χ1n) is 16.0. The van der Waals surface area contributed by atoms with Gasteiger partial charge in [0.1, 0.15) is 0 Å². The van der Waals surface area contributed by atoms with Gasteiger partial charge in [0.05, 0.1) is 17.8 Å². The molecular weight excluding hydrogens is 513 g/mol. The molecule has 1 unspecified atom stereocenters. The van der Waals surface area contributed by atoms with Crippen LogP contribution in [0, 0.1) is 29.1 Å². The quantitative estimate of drug-likeness (QED) is 0.264. The van der Waals surface area contributed by atoms with Crippen LogP contribution in [0.15, 0.2) is 35.5 Å². The highest BCUT2D eigenvalue weighted by Crippen LogP contribution is 2.60. The van der Waals surface area contributed by atoms with Crippen LogP contribution in [0.25, 0.3) is 0 Å². The second-order valence-corrected chi connectivity index (χ2v) is 25.1. The first-order valence-corrected chi connectivity index (χ1v) is 22.8. The Morgan fingerprint density at radius 3 is 2.31 bits per heavy atom. The maximum absolute atomic E-state index is 10.2. The van der Waals surface area contributed by atoms with Crippen molar-refractivity contribution < 1.29 is 14.0 Å². The van der Waals surface area contributed by atoms with Crippen molar-refractivity contribution >= 4 is 16.6 Å². The molecule has 0 saturated heterocycles. The van der Waals surface area contributed by atoms with Gasteiger partial charge in [0.2, 0.25) is 0 Å². The number of allylic oxidation sites excluding steroid dienone is 3. The highest BCUT2D eigenvalue weighted by Gasteiger charge is 2.50. The fraction of sp³-hybridized carbons (Fsp3) is 0.824. The number of fused-ring (bicyclic) bond motifs is 1. The molecule has 0 aromatic rings. The zero-order valence-corrected chi connectivity index (χ0v) is 29.5. The van der Waals surface area contributed by atoms with Crippen LogP contribution < -0.4 is 0 Å². The van der Waals surface area contributed by atoms with Crippen LogP contribution in [-0.4, -0.2) is 39.6 Å². The lowest BCUT2D eigenvalue weighted by atomic mass is 9.60. The van der Waals surface area contributed by atoms with Crippen molar-refractivity contribution in [2.45, 2.75) is 149 Å². The molecule has 3 fully saturated rings. The lowest BCUT2D eigenvalue weighted by Gasteiger charge is -2.45. The van der Waals surface area contributed by atoms with Gasteiger partial charge in [-0.3, -0.25) is 0 Å². The van der Waals surface area contributed by atoms with Gasteiger partial charge in [-0.15, -0.1) is 0 Å². The molecule has 1 N–H and O–H groups in total. The minimum absolute atomic E-state index is 0.0497. The van der Waals surface area contributed by atoms with E-state index in [-0.39, 0.29) is 12.2 Å². The van der Waals surface area contributed by atoms with Crippen molar-refractivity contribution in [2.75, 3.05) is 0 Å². The van der Waals surface area contributed by atoms with Crippen LogP contribution in [0.3, 0.4) is 0 Å². The van der Waals surface area contributed by atoms with E-state index in [1.54, 1.807) is 5.57 Å². The molecule has 0 spiro atoms. The summed E-state index contributed by atoms with van der Waals surface area (Å²) in [5.74, 6) is 2.53. The second-order valence-electron chi connectivity index (χ2n) is 16.2. The zero-order valence-electron chi connectivity index (χ0n) is 27.5. The average Bonchev–Trinajstić information content (AvgIpc) is 3.13. The molecule has 0 bridgehead atoms. The fourth-order valence-corrected chi connectivity index (χ4v) is 10.4. The van der Waals surface area contributed by atoms with Crippen molar-refractivity contribution in [3.05, 3.63) is 35.5 Å². The summed E-state index contributed by atoms with van der Waals surface area (Å²) in [6.07, 6.45) is 15.9. The number of hydrogen-bond donors (Lipinski definition) is 1. The standard InChI is InChI=1S/C34H62O3Si2/c1-24(15-13-21-33(4,5)35)29-19-20-30-27(16-14-22-34(29,30)6)17-18-28-23-31(36-38(7,8)9)26(3)32(25(28)2)37-39(10,11)12/h17-18,24,26,29-32,35H,2,13-16,19-23H2,1,3-12H3/b27-17?,28-18-/t24-,26-,29+,30?,31+,32-,34+/m0/s1. The van der Waals surface area contributed by atoms with E-state index in [0.717, 1.165) is 31.1 Å². The summed E-state index contributed by atoms with van der Waals surface area (Å²) in [6.45, 7) is 29.6. The summed E-state index contributed by atoms with van der Waals surface area (Å²) >= 11 is 0. The van der Waals surface area contributed by atoms with E-state index in [1.807, 2.05) is 13.8 Å².